The minimum atomic E-state index is -0.192. The third kappa shape index (κ3) is 6.07. The number of aromatic nitrogens is 1. The van der Waals surface area contributed by atoms with Crippen LogP contribution < -0.4 is 16.0 Å². The zero-order valence-corrected chi connectivity index (χ0v) is 13.5. The number of anilines is 1. The van der Waals surface area contributed by atoms with Crippen molar-refractivity contribution >= 4 is 29.4 Å². The van der Waals surface area contributed by atoms with Crippen LogP contribution in [0.4, 0.5) is 5.82 Å². The largest absolute Gasteiger partial charge is 0.360 e. The highest BCUT2D eigenvalue weighted by atomic mass is 32.2. The molecule has 2 amide bonds. The molecule has 1 aromatic heterocycles. The normalized spacial score (nSPS) is 18.0. The zero-order chi connectivity index (χ0) is 15.8. The van der Waals surface area contributed by atoms with E-state index in [1.54, 1.807) is 13.0 Å². The number of hydrogen-bond acceptors (Lipinski definition) is 6. The molecule has 0 spiro atoms. The predicted molar refractivity (Wildman–Crippen MR) is 85.8 cm³/mol. The molecule has 1 atom stereocenters. The van der Waals surface area contributed by atoms with Gasteiger partial charge >= 0.3 is 0 Å². The molecule has 1 unspecified atom stereocenters. The lowest BCUT2D eigenvalue weighted by atomic mass is 10.00. The van der Waals surface area contributed by atoms with Gasteiger partial charge in [0.05, 0.1) is 11.5 Å². The molecule has 1 saturated heterocycles. The predicted octanol–water partition coefficient (Wildman–Crippen LogP) is 0.771. The summed E-state index contributed by atoms with van der Waals surface area (Å²) in [6, 6.07) is 1.65. The highest BCUT2D eigenvalue weighted by Crippen LogP contribution is 2.09. The van der Waals surface area contributed by atoms with Gasteiger partial charge in [-0.1, -0.05) is 5.16 Å². The van der Waals surface area contributed by atoms with E-state index in [9.17, 15) is 9.59 Å². The Bertz CT molecular complexity index is 500. The fourth-order valence-corrected chi connectivity index (χ4v) is 2.90. The lowest BCUT2D eigenvalue weighted by Crippen LogP contribution is -2.38. The summed E-state index contributed by atoms with van der Waals surface area (Å²) >= 11 is 1.28. The summed E-state index contributed by atoms with van der Waals surface area (Å²) in [5, 5.41) is 12.5. The number of aryl methyl sites for hydroxylation is 1. The Morgan fingerprint density at radius 1 is 1.45 bits per heavy atom. The molecule has 7 nitrogen and oxygen atoms in total. The van der Waals surface area contributed by atoms with Gasteiger partial charge in [0.25, 0.3) is 0 Å². The molecule has 122 valence electrons. The third-order valence-electron chi connectivity index (χ3n) is 3.35. The summed E-state index contributed by atoms with van der Waals surface area (Å²) in [5.41, 5.74) is 0. The van der Waals surface area contributed by atoms with Gasteiger partial charge in [-0.25, -0.2) is 0 Å². The Morgan fingerprint density at radius 2 is 2.27 bits per heavy atom. The second-order valence-corrected chi connectivity index (χ2v) is 6.37. The molecular formula is C14H22N4O3S. The Morgan fingerprint density at radius 3 is 2.95 bits per heavy atom. The molecule has 8 heteroatoms. The van der Waals surface area contributed by atoms with E-state index < -0.39 is 0 Å². The van der Waals surface area contributed by atoms with E-state index in [1.165, 1.54) is 11.8 Å². The number of carbonyl (C=O) groups excluding carboxylic acids is 2. The molecule has 2 heterocycles. The Kier molecular flexibility index (Phi) is 6.73. The molecule has 22 heavy (non-hydrogen) atoms. The van der Waals surface area contributed by atoms with Crippen molar-refractivity contribution in [1.82, 2.24) is 15.8 Å². The quantitative estimate of drug-likeness (QED) is 0.685. The van der Waals surface area contributed by atoms with Crippen molar-refractivity contribution in [2.75, 3.05) is 36.5 Å². The number of rotatable bonds is 7. The summed E-state index contributed by atoms with van der Waals surface area (Å²) < 4.78 is 4.86. The first-order valence-electron chi connectivity index (χ1n) is 7.42. The van der Waals surface area contributed by atoms with Crippen molar-refractivity contribution in [3.05, 3.63) is 11.8 Å². The van der Waals surface area contributed by atoms with Gasteiger partial charge in [0.1, 0.15) is 5.76 Å². The minimum Gasteiger partial charge on any atom is -0.360 e. The standard InChI is InChI=1S/C14H22N4O3S/c1-10-5-12(18-21-10)17-14(20)9-22-8-13(19)16-7-11-3-2-4-15-6-11/h5,11,15H,2-4,6-9H2,1H3,(H,16,19)(H,17,18,20). The summed E-state index contributed by atoms with van der Waals surface area (Å²) in [6.45, 7) is 4.49. The van der Waals surface area contributed by atoms with Gasteiger partial charge in [-0.3, -0.25) is 9.59 Å². The van der Waals surface area contributed by atoms with Gasteiger partial charge in [-0.2, -0.15) is 0 Å². The fraction of sp³-hybridized carbons (Fsp3) is 0.643. The monoisotopic (exact) mass is 326 g/mol. The van der Waals surface area contributed by atoms with Gasteiger partial charge in [0.15, 0.2) is 5.82 Å². The minimum absolute atomic E-state index is 0.0272. The number of amides is 2. The highest BCUT2D eigenvalue weighted by molar-refractivity contribution is 8.00. The Labute approximate surface area is 134 Å². The van der Waals surface area contributed by atoms with Gasteiger partial charge in [-0.05, 0) is 38.8 Å². The molecule has 0 radical (unpaired) electrons. The van der Waals surface area contributed by atoms with Crippen LogP contribution in [-0.4, -0.2) is 48.1 Å². The van der Waals surface area contributed by atoms with Crippen molar-refractivity contribution in [1.29, 1.82) is 0 Å². The molecule has 3 N–H and O–H groups in total. The molecule has 2 rings (SSSR count). The van der Waals surface area contributed by atoms with Crippen LogP contribution in [0.25, 0.3) is 0 Å². The maximum atomic E-state index is 11.7. The van der Waals surface area contributed by atoms with Crippen LogP contribution in [0.2, 0.25) is 0 Å². The molecule has 0 aromatic carbocycles. The van der Waals surface area contributed by atoms with Crippen molar-refractivity contribution < 1.29 is 14.1 Å². The summed E-state index contributed by atoms with van der Waals surface area (Å²) in [4.78, 5) is 23.4. The molecule has 1 fully saturated rings. The van der Waals surface area contributed by atoms with Gasteiger partial charge < -0.3 is 20.5 Å². The average molecular weight is 326 g/mol. The first-order valence-corrected chi connectivity index (χ1v) is 8.57. The van der Waals surface area contributed by atoms with E-state index in [1.807, 2.05) is 0 Å². The van der Waals surface area contributed by atoms with E-state index in [0.717, 1.165) is 25.9 Å². The summed E-state index contributed by atoms with van der Waals surface area (Å²) in [7, 11) is 0. The summed E-state index contributed by atoms with van der Waals surface area (Å²) in [6.07, 6.45) is 2.32. The molecule has 1 aromatic rings. The van der Waals surface area contributed by atoms with Crippen molar-refractivity contribution in [2.24, 2.45) is 5.92 Å². The smallest absolute Gasteiger partial charge is 0.235 e. The molecule has 1 aliphatic rings. The van der Waals surface area contributed by atoms with Crippen LogP contribution >= 0.6 is 11.8 Å². The second-order valence-electron chi connectivity index (χ2n) is 5.38. The summed E-state index contributed by atoms with van der Waals surface area (Å²) in [5.74, 6) is 1.83. The number of piperidine rings is 1. The van der Waals surface area contributed by atoms with Crippen molar-refractivity contribution in [3.63, 3.8) is 0 Å². The van der Waals surface area contributed by atoms with E-state index in [2.05, 4.69) is 21.1 Å². The van der Waals surface area contributed by atoms with Crippen LogP contribution in [-0.2, 0) is 9.59 Å². The van der Waals surface area contributed by atoms with Crippen LogP contribution in [0.3, 0.4) is 0 Å². The first-order chi connectivity index (χ1) is 10.6. The third-order valence-corrected chi connectivity index (χ3v) is 4.28. The van der Waals surface area contributed by atoms with Gasteiger partial charge in [0, 0.05) is 12.6 Å². The Balaban J connectivity index is 1.55. The van der Waals surface area contributed by atoms with Crippen molar-refractivity contribution in [3.8, 4) is 0 Å². The average Bonchev–Trinajstić information content (AvgIpc) is 2.91. The number of carbonyl (C=O) groups is 2. The van der Waals surface area contributed by atoms with Crippen molar-refractivity contribution in [2.45, 2.75) is 19.8 Å². The first kappa shape index (κ1) is 16.8. The number of nitrogens with one attached hydrogen (secondary N) is 3. The lowest BCUT2D eigenvalue weighted by molar-refractivity contribution is -0.118. The SMILES string of the molecule is Cc1cc(NC(=O)CSCC(=O)NCC2CCCNC2)no1. The van der Waals surface area contributed by atoms with E-state index in [4.69, 9.17) is 4.52 Å². The number of hydrogen-bond donors (Lipinski definition) is 3. The molecule has 0 aliphatic carbocycles. The molecule has 1 aliphatic heterocycles. The maximum Gasteiger partial charge on any atom is 0.235 e. The molecule has 0 saturated carbocycles. The lowest BCUT2D eigenvalue weighted by Gasteiger charge is -2.22. The Hall–Kier alpha value is -1.54. The van der Waals surface area contributed by atoms with Crippen LogP contribution in [0.5, 0.6) is 0 Å². The van der Waals surface area contributed by atoms with Gasteiger partial charge in [-0.15, -0.1) is 11.8 Å². The second kappa shape index (κ2) is 8.79. The van der Waals surface area contributed by atoms with E-state index in [0.29, 0.717) is 24.0 Å². The van der Waals surface area contributed by atoms with Crippen LogP contribution in [0.1, 0.15) is 18.6 Å². The number of thioether (sulfide) groups is 1. The number of nitrogens with zero attached hydrogens (tertiary/aromatic N) is 1. The van der Waals surface area contributed by atoms with E-state index >= 15 is 0 Å². The van der Waals surface area contributed by atoms with Crippen LogP contribution in [0, 0.1) is 12.8 Å². The van der Waals surface area contributed by atoms with E-state index in [-0.39, 0.29) is 23.3 Å². The molecular weight excluding hydrogens is 304 g/mol. The fourth-order valence-electron chi connectivity index (χ4n) is 2.25. The highest BCUT2D eigenvalue weighted by Gasteiger charge is 2.14. The topological polar surface area (TPSA) is 96.3 Å². The van der Waals surface area contributed by atoms with Gasteiger partial charge in [0.2, 0.25) is 11.8 Å². The maximum absolute atomic E-state index is 11.7. The molecule has 0 bridgehead atoms. The van der Waals surface area contributed by atoms with Crippen LogP contribution in [0.15, 0.2) is 10.6 Å². The zero-order valence-electron chi connectivity index (χ0n) is 12.7.